The minimum absolute atomic E-state index is 0.149. The van der Waals surface area contributed by atoms with Gasteiger partial charge >= 0.3 is 5.69 Å². The van der Waals surface area contributed by atoms with Crippen molar-refractivity contribution in [2.75, 3.05) is 12.4 Å². The minimum Gasteiger partial charge on any atom is -0.508 e. The molecule has 0 atom stereocenters. The van der Waals surface area contributed by atoms with Gasteiger partial charge in [-0.3, -0.25) is 9.13 Å². The molecule has 0 spiro atoms. The van der Waals surface area contributed by atoms with Gasteiger partial charge < -0.3 is 15.2 Å². The topological polar surface area (TPSA) is 81.3 Å². The monoisotopic (exact) mass is 376 g/mol. The standard InChI is InChI=1S/C21H20N4O3/c1-13-10-16(28-3)8-9-17(13)23-20-11-18-19(12-22-20)24(2)21(27)25(18)14-4-6-15(26)7-5-14/h4-12,26H,1-3H3,(H,22,23). The molecule has 0 aliphatic carbocycles. The van der Waals surface area contributed by atoms with Crippen LogP contribution in [0.3, 0.4) is 0 Å². The fourth-order valence-corrected chi connectivity index (χ4v) is 3.19. The molecule has 0 bridgehead atoms. The third kappa shape index (κ3) is 2.96. The number of pyridine rings is 1. The van der Waals surface area contributed by atoms with Crippen LogP contribution in [0.1, 0.15) is 5.56 Å². The first-order valence-electron chi connectivity index (χ1n) is 8.76. The number of aromatic hydroxyl groups is 1. The van der Waals surface area contributed by atoms with Crippen LogP contribution in [0.2, 0.25) is 0 Å². The summed E-state index contributed by atoms with van der Waals surface area (Å²) in [4.78, 5) is 17.2. The molecule has 28 heavy (non-hydrogen) atoms. The Morgan fingerprint density at radius 1 is 1.07 bits per heavy atom. The van der Waals surface area contributed by atoms with Crippen molar-refractivity contribution in [1.29, 1.82) is 0 Å². The molecule has 7 nitrogen and oxygen atoms in total. The number of hydrogen-bond acceptors (Lipinski definition) is 5. The minimum atomic E-state index is -0.180. The number of nitrogens with zero attached hydrogens (tertiary/aromatic N) is 3. The number of imidazole rings is 1. The van der Waals surface area contributed by atoms with Crippen LogP contribution in [-0.4, -0.2) is 26.3 Å². The van der Waals surface area contributed by atoms with Gasteiger partial charge in [-0.25, -0.2) is 9.78 Å². The van der Waals surface area contributed by atoms with Gasteiger partial charge in [0.05, 0.1) is 30.0 Å². The summed E-state index contributed by atoms with van der Waals surface area (Å²) in [5.74, 6) is 1.56. The van der Waals surface area contributed by atoms with Crippen LogP contribution in [0.15, 0.2) is 59.5 Å². The summed E-state index contributed by atoms with van der Waals surface area (Å²) in [5, 5.41) is 12.8. The first-order chi connectivity index (χ1) is 13.5. The zero-order valence-electron chi connectivity index (χ0n) is 15.8. The van der Waals surface area contributed by atoms with Crippen molar-refractivity contribution in [2.45, 2.75) is 6.92 Å². The number of benzene rings is 2. The highest BCUT2D eigenvalue weighted by atomic mass is 16.5. The number of phenolic OH excluding ortho intramolecular Hbond substituents is 1. The Morgan fingerprint density at radius 3 is 2.50 bits per heavy atom. The van der Waals surface area contributed by atoms with Crippen LogP contribution >= 0.6 is 0 Å². The normalized spacial score (nSPS) is 11.0. The Hall–Kier alpha value is -3.74. The molecule has 2 aromatic carbocycles. The number of methoxy groups -OCH3 is 1. The van der Waals surface area contributed by atoms with Crippen molar-refractivity contribution in [1.82, 2.24) is 14.1 Å². The molecule has 0 unspecified atom stereocenters. The average molecular weight is 376 g/mol. The van der Waals surface area contributed by atoms with E-state index in [-0.39, 0.29) is 11.4 Å². The molecule has 4 aromatic rings. The van der Waals surface area contributed by atoms with Crippen molar-refractivity contribution < 1.29 is 9.84 Å². The third-order valence-electron chi connectivity index (χ3n) is 4.75. The molecule has 2 heterocycles. The lowest BCUT2D eigenvalue weighted by Crippen LogP contribution is -2.20. The molecule has 0 aliphatic heterocycles. The van der Waals surface area contributed by atoms with E-state index in [0.29, 0.717) is 11.5 Å². The van der Waals surface area contributed by atoms with E-state index < -0.39 is 0 Å². The Balaban J connectivity index is 1.81. The van der Waals surface area contributed by atoms with Gasteiger partial charge in [-0.2, -0.15) is 0 Å². The van der Waals surface area contributed by atoms with Crippen molar-refractivity contribution in [3.05, 3.63) is 70.8 Å². The second-order valence-corrected chi connectivity index (χ2v) is 6.56. The largest absolute Gasteiger partial charge is 0.508 e. The van der Waals surface area contributed by atoms with Crippen LogP contribution in [0.25, 0.3) is 16.7 Å². The number of aryl methyl sites for hydroxylation is 2. The van der Waals surface area contributed by atoms with E-state index in [4.69, 9.17) is 4.74 Å². The summed E-state index contributed by atoms with van der Waals surface area (Å²) in [6, 6.07) is 14.1. The second-order valence-electron chi connectivity index (χ2n) is 6.56. The predicted octanol–water partition coefficient (Wildman–Crippen LogP) is 3.49. The van der Waals surface area contributed by atoms with Gasteiger partial charge in [0.15, 0.2) is 0 Å². The van der Waals surface area contributed by atoms with Gasteiger partial charge in [-0.15, -0.1) is 0 Å². The fraction of sp³-hybridized carbons (Fsp3) is 0.143. The number of nitrogens with one attached hydrogen (secondary N) is 1. The Kier molecular flexibility index (Phi) is 4.27. The lowest BCUT2D eigenvalue weighted by molar-refractivity contribution is 0.414. The highest BCUT2D eigenvalue weighted by Crippen LogP contribution is 2.26. The van der Waals surface area contributed by atoms with E-state index in [0.717, 1.165) is 28.0 Å². The number of anilines is 2. The highest BCUT2D eigenvalue weighted by molar-refractivity contribution is 5.81. The maximum Gasteiger partial charge on any atom is 0.333 e. The lowest BCUT2D eigenvalue weighted by Gasteiger charge is -2.11. The fourth-order valence-electron chi connectivity index (χ4n) is 3.19. The molecule has 2 N–H and O–H groups in total. The Bertz CT molecular complexity index is 1220. The second kappa shape index (κ2) is 6.77. The van der Waals surface area contributed by atoms with Gasteiger partial charge in [0, 0.05) is 18.8 Å². The molecule has 2 aromatic heterocycles. The molecule has 0 saturated heterocycles. The van der Waals surface area contributed by atoms with E-state index in [2.05, 4.69) is 10.3 Å². The van der Waals surface area contributed by atoms with Crippen molar-refractivity contribution >= 4 is 22.5 Å². The van der Waals surface area contributed by atoms with Crippen molar-refractivity contribution in [3.63, 3.8) is 0 Å². The maximum absolute atomic E-state index is 12.8. The van der Waals surface area contributed by atoms with E-state index in [1.807, 2.05) is 31.2 Å². The molecule has 0 radical (unpaired) electrons. The summed E-state index contributed by atoms with van der Waals surface area (Å²) >= 11 is 0. The smallest absolute Gasteiger partial charge is 0.333 e. The molecule has 0 fully saturated rings. The van der Waals surface area contributed by atoms with Crippen LogP contribution in [0, 0.1) is 6.92 Å². The van der Waals surface area contributed by atoms with Crippen LogP contribution in [0.5, 0.6) is 11.5 Å². The zero-order valence-corrected chi connectivity index (χ0v) is 15.8. The summed E-state index contributed by atoms with van der Waals surface area (Å²) in [5.41, 5.74) is 3.86. The van der Waals surface area contributed by atoms with Gasteiger partial charge in [0.1, 0.15) is 17.3 Å². The molecule has 7 heteroatoms. The number of ether oxygens (including phenoxy) is 1. The first kappa shape index (κ1) is 17.7. The Morgan fingerprint density at radius 2 is 1.82 bits per heavy atom. The molecular formula is C21H20N4O3. The predicted molar refractivity (Wildman–Crippen MR) is 109 cm³/mol. The van der Waals surface area contributed by atoms with Gasteiger partial charge in [-0.1, -0.05) is 0 Å². The first-order valence-corrected chi connectivity index (χ1v) is 8.76. The average Bonchev–Trinajstić information content (AvgIpc) is 2.94. The Labute approximate surface area is 161 Å². The SMILES string of the molecule is COc1ccc(Nc2cc3c(cn2)n(C)c(=O)n3-c2ccc(O)cc2)c(C)c1. The maximum atomic E-state index is 12.8. The van der Waals surface area contributed by atoms with E-state index in [1.54, 1.807) is 53.8 Å². The van der Waals surface area contributed by atoms with E-state index in [1.165, 1.54) is 0 Å². The summed E-state index contributed by atoms with van der Waals surface area (Å²) in [6.45, 7) is 1.98. The highest BCUT2D eigenvalue weighted by Gasteiger charge is 2.14. The number of aromatic nitrogens is 3. The van der Waals surface area contributed by atoms with E-state index in [9.17, 15) is 9.90 Å². The molecule has 0 aliphatic rings. The number of fused-ring (bicyclic) bond motifs is 1. The summed E-state index contributed by atoms with van der Waals surface area (Å²) in [7, 11) is 3.35. The van der Waals surface area contributed by atoms with Crippen molar-refractivity contribution in [2.24, 2.45) is 7.05 Å². The van der Waals surface area contributed by atoms with Crippen LogP contribution < -0.4 is 15.7 Å². The number of phenols is 1. The number of hydrogen-bond donors (Lipinski definition) is 2. The van der Waals surface area contributed by atoms with E-state index >= 15 is 0 Å². The zero-order chi connectivity index (χ0) is 19.8. The third-order valence-corrected chi connectivity index (χ3v) is 4.75. The molecule has 142 valence electrons. The van der Waals surface area contributed by atoms with Gasteiger partial charge in [0.2, 0.25) is 0 Å². The van der Waals surface area contributed by atoms with Crippen LogP contribution in [0.4, 0.5) is 11.5 Å². The van der Waals surface area contributed by atoms with Gasteiger partial charge in [-0.05, 0) is 55.0 Å². The molecule has 0 amide bonds. The molecular weight excluding hydrogens is 356 g/mol. The number of rotatable bonds is 4. The van der Waals surface area contributed by atoms with Crippen LogP contribution in [-0.2, 0) is 7.05 Å². The van der Waals surface area contributed by atoms with Crippen molar-refractivity contribution in [3.8, 4) is 17.2 Å². The summed E-state index contributed by atoms with van der Waals surface area (Å²) in [6.07, 6.45) is 1.68. The summed E-state index contributed by atoms with van der Waals surface area (Å²) < 4.78 is 8.40. The quantitative estimate of drug-likeness (QED) is 0.570. The lowest BCUT2D eigenvalue weighted by atomic mass is 10.2. The van der Waals surface area contributed by atoms with Gasteiger partial charge in [0.25, 0.3) is 0 Å². The molecule has 4 rings (SSSR count). The molecule has 0 saturated carbocycles.